The lowest BCUT2D eigenvalue weighted by atomic mass is 10.2. The van der Waals surface area contributed by atoms with Crippen molar-refractivity contribution in [2.45, 2.75) is 6.92 Å². The molecule has 0 saturated carbocycles. The largest absolute Gasteiger partial charge is 0.294 e. The van der Waals surface area contributed by atoms with Gasteiger partial charge in [-0.2, -0.15) is 0 Å². The lowest BCUT2D eigenvalue weighted by Gasteiger charge is -2.01. The van der Waals surface area contributed by atoms with Gasteiger partial charge in [0.2, 0.25) is 0 Å². The average molecular weight is 360 g/mol. The number of benzene rings is 1. The van der Waals surface area contributed by atoms with E-state index in [0.717, 1.165) is 24.3 Å². The summed E-state index contributed by atoms with van der Waals surface area (Å²) in [4.78, 5) is 13.1. The molecule has 0 spiro atoms. The number of halogens is 2. The lowest BCUT2D eigenvalue weighted by Crippen LogP contribution is -1.83. The Morgan fingerprint density at radius 2 is 1.94 bits per heavy atom. The topological polar surface area (TPSA) is 17.1 Å². The van der Waals surface area contributed by atoms with Crippen LogP contribution in [-0.4, -0.2) is 5.78 Å². The van der Waals surface area contributed by atoms with Crippen LogP contribution in [-0.2, 0) is 0 Å². The smallest absolute Gasteiger partial charge is 0.169 e. The summed E-state index contributed by atoms with van der Waals surface area (Å²) in [6.07, 6.45) is 0. The van der Waals surface area contributed by atoms with Crippen molar-refractivity contribution in [3.63, 3.8) is 0 Å². The van der Waals surface area contributed by atoms with Gasteiger partial charge in [-0.05, 0) is 31.2 Å². The van der Waals surface area contributed by atoms with Gasteiger partial charge < -0.3 is 0 Å². The SMILES string of the molecule is CC(=O)c1ccc(-c2ccc(Br)cc2Br)s1. The molecule has 0 aliphatic rings. The van der Waals surface area contributed by atoms with E-state index in [1.807, 2.05) is 30.3 Å². The molecule has 2 rings (SSSR count). The van der Waals surface area contributed by atoms with Crippen LogP contribution in [0.25, 0.3) is 10.4 Å². The van der Waals surface area contributed by atoms with E-state index in [0.29, 0.717) is 0 Å². The number of carbonyl (C=O) groups is 1. The fourth-order valence-electron chi connectivity index (χ4n) is 1.36. The van der Waals surface area contributed by atoms with Crippen LogP contribution in [0.2, 0.25) is 0 Å². The Hall–Kier alpha value is -0.450. The fraction of sp³-hybridized carbons (Fsp3) is 0.0833. The van der Waals surface area contributed by atoms with E-state index in [4.69, 9.17) is 0 Å². The van der Waals surface area contributed by atoms with Crippen LogP contribution in [0.15, 0.2) is 39.3 Å². The van der Waals surface area contributed by atoms with E-state index >= 15 is 0 Å². The quantitative estimate of drug-likeness (QED) is 0.678. The van der Waals surface area contributed by atoms with Crippen LogP contribution in [0, 0.1) is 0 Å². The van der Waals surface area contributed by atoms with Crippen LogP contribution in [0.5, 0.6) is 0 Å². The number of hydrogen-bond acceptors (Lipinski definition) is 2. The van der Waals surface area contributed by atoms with E-state index in [1.54, 1.807) is 6.92 Å². The molecule has 0 fully saturated rings. The Labute approximate surface area is 115 Å². The van der Waals surface area contributed by atoms with Crippen LogP contribution in [0.3, 0.4) is 0 Å². The molecule has 0 bridgehead atoms. The lowest BCUT2D eigenvalue weighted by molar-refractivity contribution is 0.102. The maximum absolute atomic E-state index is 11.2. The summed E-state index contributed by atoms with van der Waals surface area (Å²) in [6.45, 7) is 1.59. The second-order valence-electron chi connectivity index (χ2n) is 3.34. The molecule has 1 heterocycles. The van der Waals surface area contributed by atoms with E-state index in [2.05, 4.69) is 31.9 Å². The van der Waals surface area contributed by atoms with Crippen molar-refractivity contribution < 1.29 is 4.79 Å². The van der Waals surface area contributed by atoms with Gasteiger partial charge in [-0.3, -0.25) is 4.79 Å². The van der Waals surface area contributed by atoms with Crippen molar-refractivity contribution >= 4 is 49.0 Å². The fourth-order valence-corrected chi connectivity index (χ4v) is 3.69. The molecule has 0 amide bonds. The Morgan fingerprint density at radius 3 is 2.50 bits per heavy atom. The van der Waals surface area contributed by atoms with Crippen molar-refractivity contribution in [3.05, 3.63) is 44.2 Å². The second-order valence-corrected chi connectivity index (χ2v) is 6.20. The van der Waals surface area contributed by atoms with Gasteiger partial charge in [0.1, 0.15) is 0 Å². The first-order valence-corrected chi connectivity index (χ1v) is 7.04. The highest BCUT2D eigenvalue weighted by Crippen LogP contribution is 2.35. The zero-order chi connectivity index (χ0) is 11.7. The molecular formula is C12H8Br2OS. The predicted octanol–water partition coefficient (Wildman–Crippen LogP) is 5.14. The summed E-state index contributed by atoms with van der Waals surface area (Å²) < 4.78 is 2.06. The van der Waals surface area contributed by atoms with E-state index < -0.39 is 0 Å². The highest BCUT2D eigenvalue weighted by Gasteiger charge is 2.08. The third kappa shape index (κ3) is 2.44. The van der Waals surface area contributed by atoms with Gasteiger partial charge in [0.15, 0.2) is 5.78 Å². The Kier molecular flexibility index (Phi) is 3.62. The summed E-state index contributed by atoms with van der Waals surface area (Å²) in [7, 11) is 0. The molecule has 16 heavy (non-hydrogen) atoms. The van der Waals surface area contributed by atoms with Crippen molar-refractivity contribution in [1.29, 1.82) is 0 Å². The molecule has 0 atom stereocenters. The summed E-state index contributed by atoms with van der Waals surface area (Å²) in [5.41, 5.74) is 1.11. The minimum absolute atomic E-state index is 0.115. The predicted molar refractivity (Wildman–Crippen MR) is 75.2 cm³/mol. The Balaban J connectivity index is 2.46. The molecule has 82 valence electrons. The van der Waals surface area contributed by atoms with Crippen molar-refractivity contribution in [2.75, 3.05) is 0 Å². The molecule has 0 radical (unpaired) electrons. The number of Topliss-reactive ketones (excluding diaryl/α,β-unsaturated/α-hetero) is 1. The molecule has 2 aromatic rings. The standard InChI is InChI=1S/C12H8Br2OS/c1-7(15)11-4-5-12(16-11)9-3-2-8(13)6-10(9)14/h2-6H,1H3. The molecule has 0 unspecified atom stereocenters. The number of carbonyl (C=O) groups excluding carboxylic acids is 1. The van der Waals surface area contributed by atoms with Gasteiger partial charge in [-0.1, -0.05) is 37.9 Å². The van der Waals surface area contributed by atoms with Gasteiger partial charge in [0, 0.05) is 19.4 Å². The normalized spacial score (nSPS) is 10.4. The van der Waals surface area contributed by atoms with Gasteiger partial charge in [-0.25, -0.2) is 0 Å². The van der Waals surface area contributed by atoms with Crippen LogP contribution >= 0.6 is 43.2 Å². The number of ketones is 1. The first-order chi connectivity index (χ1) is 7.58. The molecule has 0 N–H and O–H groups in total. The number of rotatable bonds is 2. The summed E-state index contributed by atoms with van der Waals surface area (Å²) in [6, 6.07) is 9.88. The second kappa shape index (κ2) is 4.82. The van der Waals surface area contributed by atoms with Crippen molar-refractivity contribution in [1.82, 2.24) is 0 Å². The van der Waals surface area contributed by atoms with Crippen LogP contribution < -0.4 is 0 Å². The van der Waals surface area contributed by atoms with E-state index in [-0.39, 0.29) is 5.78 Å². The van der Waals surface area contributed by atoms with Crippen LogP contribution in [0.1, 0.15) is 16.6 Å². The molecule has 1 aromatic carbocycles. The monoisotopic (exact) mass is 358 g/mol. The number of thiophene rings is 1. The van der Waals surface area contributed by atoms with Gasteiger partial charge >= 0.3 is 0 Å². The van der Waals surface area contributed by atoms with Gasteiger partial charge in [0.05, 0.1) is 4.88 Å². The summed E-state index contributed by atoms with van der Waals surface area (Å²) in [5.74, 6) is 0.115. The zero-order valence-electron chi connectivity index (χ0n) is 8.46. The van der Waals surface area contributed by atoms with Gasteiger partial charge in [-0.15, -0.1) is 11.3 Å². The Bertz CT molecular complexity index is 546. The average Bonchev–Trinajstić information content (AvgIpc) is 2.66. The maximum atomic E-state index is 11.2. The highest BCUT2D eigenvalue weighted by molar-refractivity contribution is 9.11. The third-order valence-corrected chi connectivity index (χ3v) is 4.52. The maximum Gasteiger partial charge on any atom is 0.169 e. The summed E-state index contributed by atoms with van der Waals surface area (Å²) >= 11 is 8.46. The third-order valence-electron chi connectivity index (χ3n) is 2.15. The summed E-state index contributed by atoms with van der Waals surface area (Å²) in [5, 5.41) is 0. The zero-order valence-corrected chi connectivity index (χ0v) is 12.4. The molecular weight excluding hydrogens is 352 g/mol. The Morgan fingerprint density at radius 1 is 1.19 bits per heavy atom. The minimum atomic E-state index is 0.115. The van der Waals surface area contributed by atoms with Crippen LogP contribution in [0.4, 0.5) is 0 Å². The van der Waals surface area contributed by atoms with E-state index in [9.17, 15) is 4.79 Å². The molecule has 0 aliphatic heterocycles. The van der Waals surface area contributed by atoms with Crippen molar-refractivity contribution in [3.8, 4) is 10.4 Å². The van der Waals surface area contributed by atoms with Crippen molar-refractivity contribution in [2.24, 2.45) is 0 Å². The number of hydrogen-bond donors (Lipinski definition) is 0. The molecule has 1 aromatic heterocycles. The first kappa shape index (κ1) is 12.0. The van der Waals surface area contributed by atoms with Gasteiger partial charge in [0.25, 0.3) is 0 Å². The molecule has 0 aliphatic carbocycles. The highest BCUT2D eigenvalue weighted by atomic mass is 79.9. The molecule has 1 nitrogen and oxygen atoms in total. The minimum Gasteiger partial charge on any atom is -0.294 e. The van der Waals surface area contributed by atoms with E-state index in [1.165, 1.54) is 11.3 Å². The first-order valence-electron chi connectivity index (χ1n) is 4.64. The molecule has 0 saturated heterocycles. The molecule has 4 heteroatoms.